The monoisotopic (exact) mass is 401 g/mol. The molecule has 1 N–H and O–H groups in total. The first-order valence-corrected chi connectivity index (χ1v) is 11.0. The van der Waals surface area contributed by atoms with Gasteiger partial charge in [-0.25, -0.2) is 9.97 Å². The van der Waals surface area contributed by atoms with Crippen molar-refractivity contribution in [2.24, 2.45) is 0 Å². The largest absolute Gasteiger partial charge is 0.493 e. The zero-order chi connectivity index (χ0) is 19.6. The third-order valence-electron chi connectivity index (χ3n) is 5.48. The highest BCUT2D eigenvalue weighted by molar-refractivity contribution is 8.00. The van der Waals surface area contributed by atoms with E-state index in [2.05, 4.69) is 24.3 Å². The molecule has 0 unspecified atom stereocenters. The van der Waals surface area contributed by atoms with Crippen molar-refractivity contribution in [1.82, 2.24) is 14.4 Å². The van der Waals surface area contributed by atoms with E-state index in [9.17, 15) is 5.11 Å². The minimum Gasteiger partial charge on any atom is -0.493 e. The van der Waals surface area contributed by atoms with Crippen LogP contribution in [-0.2, 0) is 6.42 Å². The normalized spacial score (nSPS) is 14.6. The number of hydrogen-bond donors (Lipinski definition) is 1. The van der Waals surface area contributed by atoms with Crippen LogP contribution in [-0.4, -0.2) is 24.7 Å². The van der Waals surface area contributed by atoms with Crippen LogP contribution in [0.4, 0.5) is 0 Å². The fourth-order valence-electron chi connectivity index (χ4n) is 3.95. The van der Waals surface area contributed by atoms with Crippen LogP contribution in [0, 0.1) is 0 Å². The Morgan fingerprint density at radius 3 is 2.34 bits per heavy atom. The summed E-state index contributed by atoms with van der Waals surface area (Å²) in [6, 6.07) is 20.3. The Morgan fingerprint density at radius 1 is 0.931 bits per heavy atom. The third kappa shape index (κ3) is 3.75. The number of nitrogens with zero attached hydrogens (tertiary/aromatic N) is 3. The van der Waals surface area contributed by atoms with E-state index in [1.807, 2.05) is 58.8 Å². The maximum atomic E-state index is 11.0. The number of fused-ring (bicyclic) bond motifs is 1. The van der Waals surface area contributed by atoms with Crippen molar-refractivity contribution in [3.8, 4) is 17.1 Å². The molecule has 2 aromatic heterocycles. The molecule has 5 heteroatoms. The Kier molecular flexibility index (Phi) is 4.98. The molecule has 0 saturated heterocycles. The van der Waals surface area contributed by atoms with E-state index in [1.165, 1.54) is 25.7 Å². The molecule has 4 nitrogen and oxygen atoms in total. The molecule has 2 heterocycles. The predicted molar refractivity (Wildman–Crippen MR) is 117 cm³/mol. The topological polar surface area (TPSA) is 50.4 Å². The van der Waals surface area contributed by atoms with Gasteiger partial charge in [0.15, 0.2) is 5.65 Å². The average Bonchev–Trinajstić information content (AvgIpc) is 3.38. The molecule has 0 bridgehead atoms. The van der Waals surface area contributed by atoms with Crippen molar-refractivity contribution >= 4 is 17.4 Å². The molecular formula is C24H23N3OS. The molecule has 2 aromatic carbocycles. The highest BCUT2D eigenvalue weighted by Gasteiger charge is 2.22. The molecule has 1 fully saturated rings. The molecule has 4 aromatic rings. The van der Waals surface area contributed by atoms with Crippen LogP contribution in [0.5, 0.6) is 5.88 Å². The third-order valence-corrected chi connectivity index (χ3v) is 6.79. The second kappa shape index (κ2) is 7.91. The molecule has 146 valence electrons. The Morgan fingerprint density at radius 2 is 1.62 bits per heavy atom. The molecule has 0 aliphatic heterocycles. The van der Waals surface area contributed by atoms with Crippen molar-refractivity contribution in [1.29, 1.82) is 0 Å². The summed E-state index contributed by atoms with van der Waals surface area (Å²) in [7, 11) is 0. The molecule has 1 aliphatic carbocycles. The van der Waals surface area contributed by atoms with Gasteiger partial charge in [-0.2, -0.15) is 0 Å². The van der Waals surface area contributed by atoms with E-state index >= 15 is 0 Å². The van der Waals surface area contributed by atoms with Gasteiger partial charge in [0.2, 0.25) is 5.88 Å². The zero-order valence-electron chi connectivity index (χ0n) is 16.2. The summed E-state index contributed by atoms with van der Waals surface area (Å²) in [5.41, 5.74) is 4.48. The van der Waals surface area contributed by atoms with E-state index in [4.69, 9.17) is 9.97 Å². The van der Waals surface area contributed by atoms with Crippen LogP contribution in [0.1, 0.15) is 36.9 Å². The summed E-state index contributed by atoms with van der Waals surface area (Å²) in [6.07, 6.45) is 7.51. The number of benzene rings is 2. The van der Waals surface area contributed by atoms with Gasteiger partial charge in [-0.05, 0) is 18.4 Å². The molecule has 0 radical (unpaired) electrons. The first kappa shape index (κ1) is 18.3. The van der Waals surface area contributed by atoms with Crippen LogP contribution < -0.4 is 0 Å². The number of aromatic hydroxyl groups is 1. The van der Waals surface area contributed by atoms with Crippen molar-refractivity contribution in [2.75, 3.05) is 0 Å². The van der Waals surface area contributed by atoms with E-state index in [-0.39, 0.29) is 5.88 Å². The van der Waals surface area contributed by atoms with Crippen LogP contribution >= 0.6 is 11.8 Å². The Bertz CT molecular complexity index is 1120. The van der Waals surface area contributed by atoms with Gasteiger partial charge in [-0.1, -0.05) is 85.3 Å². The number of hydrogen-bond acceptors (Lipinski definition) is 4. The predicted octanol–water partition coefficient (Wildman–Crippen LogP) is 5.73. The van der Waals surface area contributed by atoms with Crippen molar-refractivity contribution in [3.05, 3.63) is 78.1 Å². The van der Waals surface area contributed by atoms with Gasteiger partial charge in [-0.15, -0.1) is 0 Å². The van der Waals surface area contributed by atoms with Crippen LogP contribution in [0.25, 0.3) is 16.9 Å². The van der Waals surface area contributed by atoms with E-state index in [0.29, 0.717) is 17.4 Å². The minimum atomic E-state index is 0.205. The number of rotatable bonds is 5. The highest BCUT2D eigenvalue weighted by Crippen LogP contribution is 2.38. The Balaban J connectivity index is 1.61. The summed E-state index contributed by atoms with van der Waals surface area (Å²) in [5.74, 6) is 0.205. The fourth-order valence-corrected chi connectivity index (χ4v) is 5.24. The smallest absolute Gasteiger partial charge is 0.219 e. The lowest BCUT2D eigenvalue weighted by Crippen LogP contribution is -2.00. The zero-order valence-corrected chi connectivity index (χ0v) is 17.0. The molecular weight excluding hydrogens is 378 g/mol. The number of thioether (sulfide) groups is 1. The van der Waals surface area contributed by atoms with Crippen molar-refractivity contribution in [3.63, 3.8) is 0 Å². The molecule has 0 spiro atoms. The summed E-state index contributed by atoms with van der Waals surface area (Å²) in [5, 5.41) is 12.5. The average molecular weight is 402 g/mol. The Labute approximate surface area is 174 Å². The lowest BCUT2D eigenvalue weighted by atomic mass is 10.1. The second-order valence-corrected chi connectivity index (χ2v) is 8.85. The molecule has 29 heavy (non-hydrogen) atoms. The first-order valence-electron chi connectivity index (χ1n) is 10.1. The lowest BCUT2D eigenvalue weighted by Gasteiger charge is -2.11. The van der Waals surface area contributed by atoms with E-state index in [0.717, 1.165) is 27.5 Å². The summed E-state index contributed by atoms with van der Waals surface area (Å²) in [4.78, 5) is 9.78. The maximum Gasteiger partial charge on any atom is 0.219 e. The van der Waals surface area contributed by atoms with Crippen LogP contribution in [0.2, 0.25) is 0 Å². The van der Waals surface area contributed by atoms with Gasteiger partial charge in [0.1, 0.15) is 10.7 Å². The molecule has 1 aliphatic rings. The van der Waals surface area contributed by atoms with Gasteiger partial charge in [0.25, 0.3) is 0 Å². The molecule has 1 saturated carbocycles. The summed E-state index contributed by atoms with van der Waals surface area (Å²) >= 11 is 1.81. The van der Waals surface area contributed by atoms with E-state index in [1.54, 1.807) is 0 Å². The van der Waals surface area contributed by atoms with Gasteiger partial charge >= 0.3 is 0 Å². The van der Waals surface area contributed by atoms with E-state index < -0.39 is 0 Å². The number of aromatic nitrogens is 3. The minimum absolute atomic E-state index is 0.205. The van der Waals surface area contributed by atoms with Gasteiger partial charge in [-0.3, -0.25) is 4.40 Å². The SMILES string of the molecule is Oc1c(Cc2ccccc2)nc2c(SC3CCCC3)nc(-c3ccccc3)cn12. The van der Waals surface area contributed by atoms with Gasteiger partial charge < -0.3 is 5.11 Å². The summed E-state index contributed by atoms with van der Waals surface area (Å²) in [6.45, 7) is 0. The lowest BCUT2D eigenvalue weighted by molar-refractivity contribution is 0.442. The second-order valence-electron chi connectivity index (χ2n) is 7.56. The van der Waals surface area contributed by atoms with Gasteiger partial charge in [0, 0.05) is 23.4 Å². The van der Waals surface area contributed by atoms with Crippen LogP contribution in [0.3, 0.4) is 0 Å². The fraction of sp³-hybridized carbons (Fsp3) is 0.250. The first-order chi connectivity index (χ1) is 14.3. The van der Waals surface area contributed by atoms with Gasteiger partial charge in [0.05, 0.1) is 5.69 Å². The molecule has 0 amide bonds. The Hall–Kier alpha value is -2.79. The van der Waals surface area contributed by atoms with Crippen molar-refractivity contribution in [2.45, 2.75) is 42.4 Å². The highest BCUT2D eigenvalue weighted by atomic mass is 32.2. The van der Waals surface area contributed by atoms with Crippen molar-refractivity contribution < 1.29 is 5.11 Å². The number of imidazole rings is 1. The van der Waals surface area contributed by atoms with Crippen LogP contribution in [0.15, 0.2) is 71.9 Å². The molecule has 5 rings (SSSR count). The standard InChI is InChI=1S/C24H23N3OS/c28-24-20(15-17-9-3-1-4-10-17)25-22-23(29-19-13-7-8-14-19)26-21(16-27(22)24)18-11-5-2-6-12-18/h1-6,9-12,16,19,28H,7-8,13-15H2. The maximum absolute atomic E-state index is 11.0. The summed E-state index contributed by atoms with van der Waals surface area (Å²) < 4.78 is 1.81. The quantitative estimate of drug-likeness (QED) is 0.464. The molecule has 0 atom stereocenters.